The summed E-state index contributed by atoms with van der Waals surface area (Å²) in [6.45, 7) is 0. The zero-order valence-corrected chi connectivity index (χ0v) is 11.8. The second kappa shape index (κ2) is 5.66. The van der Waals surface area contributed by atoms with Gasteiger partial charge in [-0.3, -0.25) is 0 Å². The molecule has 0 aliphatic carbocycles. The summed E-state index contributed by atoms with van der Waals surface area (Å²) in [5, 5.41) is 5.03. The maximum atomic E-state index is 3.29. The molecule has 74 valence electrons. The van der Waals surface area contributed by atoms with Crippen molar-refractivity contribution in [2.24, 2.45) is 0 Å². The Balaban J connectivity index is 0.000000640. The van der Waals surface area contributed by atoms with Crippen molar-refractivity contribution in [2.75, 3.05) is 0 Å². The van der Waals surface area contributed by atoms with E-state index in [0.717, 1.165) is 0 Å². The zero-order valence-electron chi connectivity index (χ0n) is 8.78. The van der Waals surface area contributed by atoms with Crippen LogP contribution in [0.25, 0.3) is 21.5 Å². The zero-order chi connectivity index (χ0) is 9.38. The van der Waals surface area contributed by atoms with E-state index in [2.05, 4.69) is 48.5 Å². The van der Waals surface area contributed by atoms with Gasteiger partial charge in [-0.15, -0.1) is 35.0 Å². The van der Waals surface area contributed by atoms with Crippen LogP contribution in [0.1, 0.15) is 0 Å². The molecule has 0 fully saturated rings. The summed E-state index contributed by atoms with van der Waals surface area (Å²) in [5.41, 5.74) is 0. The summed E-state index contributed by atoms with van der Waals surface area (Å²) < 4.78 is 0. The van der Waals surface area contributed by atoms with E-state index in [0.29, 0.717) is 0 Å². The first-order valence-corrected chi connectivity index (χ1v) is 4.73. The summed E-state index contributed by atoms with van der Waals surface area (Å²) in [7, 11) is 0. The Labute approximate surface area is 122 Å². The van der Waals surface area contributed by atoms with E-state index in [4.69, 9.17) is 0 Å². The van der Waals surface area contributed by atoms with E-state index in [1.165, 1.54) is 21.5 Å². The molecule has 0 aliphatic rings. The molecule has 0 unspecified atom stereocenters. The van der Waals surface area contributed by atoms with Gasteiger partial charge >= 0.3 is 23.1 Å². The second-order valence-electron chi connectivity index (χ2n) is 3.42. The first kappa shape index (κ1) is 13.5. The van der Waals surface area contributed by atoms with Crippen LogP contribution in [0.5, 0.6) is 0 Å². The third-order valence-corrected chi connectivity index (χ3v) is 2.56. The SMILES string of the molecule is [Br-].[Mg+2].[c-]1cccc2ccc3ccccc3c12. The minimum absolute atomic E-state index is 0. The van der Waals surface area contributed by atoms with Crippen molar-refractivity contribution in [1.82, 2.24) is 0 Å². The van der Waals surface area contributed by atoms with Crippen LogP contribution < -0.4 is 17.0 Å². The van der Waals surface area contributed by atoms with E-state index in [1.807, 2.05) is 12.1 Å². The standard InChI is InChI=1S/C14H9.BrH.Mg/c1-3-7-13-11(5-1)9-10-12-6-2-4-8-14(12)13;;/h1-7,9-10H;1H;/q-1;;+2/p-1. The molecule has 0 atom stereocenters. The molecule has 0 N–H and O–H groups in total. The van der Waals surface area contributed by atoms with E-state index in [9.17, 15) is 0 Å². The Hall–Kier alpha value is -0.574. The maximum Gasteiger partial charge on any atom is 2.00 e. The number of rotatable bonds is 0. The molecule has 16 heavy (non-hydrogen) atoms. The van der Waals surface area contributed by atoms with Gasteiger partial charge in [-0.25, -0.2) is 0 Å². The molecule has 3 aromatic rings. The molecule has 0 nitrogen and oxygen atoms in total. The Morgan fingerprint density at radius 2 is 1.44 bits per heavy atom. The molecule has 0 bridgehead atoms. The average molecular weight is 281 g/mol. The molecule has 0 saturated heterocycles. The fourth-order valence-electron chi connectivity index (χ4n) is 1.87. The molecule has 0 radical (unpaired) electrons. The van der Waals surface area contributed by atoms with Crippen LogP contribution in [-0.4, -0.2) is 23.1 Å². The minimum Gasteiger partial charge on any atom is -1.00 e. The fourth-order valence-corrected chi connectivity index (χ4v) is 1.87. The molecule has 2 heteroatoms. The Bertz CT molecular complexity index is 550. The predicted octanol–water partition coefficient (Wildman–Crippen LogP) is 0.416. The van der Waals surface area contributed by atoms with E-state index in [1.54, 1.807) is 0 Å². The molecule has 0 aliphatic heterocycles. The Morgan fingerprint density at radius 3 is 2.31 bits per heavy atom. The molecule has 0 spiro atoms. The van der Waals surface area contributed by atoms with Crippen molar-refractivity contribution in [3.8, 4) is 0 Å². The first-order valence-electron chi connectivity index (χ1n) is 4.73. The monoisotopic (exact) mass is 280 g/mol. The number of benzene rings is 3. The van der Waals surface area contributed by atoms with Crippen LogP contribution >= 0.6 is 0 Å². The Kier molecular flexibility index (Phi) is 4.78. The van der Waals surface area contributed by atoms with Crippen LogP contribution in [0.15, 0.2) is 54.6 Å². The van der Waals surface area contributed by atoms with E-state index < -0.39 is 0 Å². The van der Waals surface area contributed by atoms with Gasteiger partial charge in [0, 0.05) is 0 Å². The van der Waals surface area contributed by atoms with Gasteiger partial charge in [0.1, 0.15) is 0 Å². The summed E-state index contributed by atoms with van der Waals surface area (Å²) >= 11 is 0. The molecular formula is C14H9BrMg. The largest absolute Gasteiger partial charge is 2.00 e. The third kappa shape index (κ3) is 2.24. The summed E-state index contributed by atoms with van der Waals surface area (Å²) in [5.74, 6) is 0. The molecule has 0 saturated carbocycles. The fraction of sp³-hybridized carbons (Fsp3) is 0. The molecule has 0 heterocycles. The van der Waals surface area contributed by atoms with Crippen LogP contribution in [0.3, 0.4) is 0 Å². The number of hydrogen-bond acceptors (Lipinski definition) is 0. The normalized spacial score (nSPS) is 9.50. The van der Waals surface area contributed by atoms with Crippen molar-refractivity contribution in [1.29, 1.82) is 0 Å². The van der Waals surface area contributed by atoms with Gasteiger partial charge in [0.05, 0.1) is 0 Å². The summed E-state index contributed by atoms with van der Waals surface area (Å²) in [6.07, 6.45) is 0. The van der Waals surface area contributed by atoms with Crippen molar-refractivity contribution in [2.45, 2.75) is 0 Å². The summed E-state index contributed by atoms with van der Waals surface area (Å²) in [6, 6.07) is 22.1. The number of halogens is 1. The topological polar surface area (TPSA) is 0 Å². The van der Waals surface area contributed by atoms with Crippen molar-refractivity contribution in [3.05, 3.63) is 60.7 Å². The number of hydrogen-bond donors (Lipinski definition) is 0. The van der Waals surface area contributed by atoms with E-state index >= 15 is 0 Å². The first-order chi connectivity index (χ1) is 6.95. The molecule has 0 aromatic heterocycles. The molecule has 3 rings (SSSR count). The van der Waals surface area contributed by atoms with Crippen LogP contribution in [0.4, 0.5) is 0 Å². The van der Waals surface area contributed by atoms with Gasteiger partial charge in [0.15, 0.2) is 0 Å². The second-order valence-corrected chi connectivity index (χ2v) is 3.42. The van der Waals surface area contributed by atoms with Crippen LogP contribution in [0, 0.1) is 6.07 Å². The predicted molar refractivity (Wildman–Crippen MR) is 66.0 cm³/mol. The van der Waals surface area contributed by atoms with Crippen molar-refractivity contribution < 1.29 is 17.0 Å². The van der Waals surface area contributed by atoms with Gasteiger partial charge in [-0.2, -0.15) is 0 Å². The Morgan fingerprint density at radius 1 is 0.750 bits per heavy atom. The average Bonchev–Trinajstić information content (AvgIpc) is 2.29. The van der Waals surface area contributed by atoms with Gasteiger partial charge in [0.2, 0.25) is 0 Å². The van der Waals surface area contributed by atoms with Gasteiger partial charge in [-0.05, 0) is 0 Å². The third-order valence-electron chi connectivity index (χ3n) is 2.56. The van der Waals surface area contributed by atoms with Crippen molar-refractivity contribution in [3.63, 3.8) is 0 Å². The van der Waals surface area contributed by atoms with Gasteiger partial charge in [-0.1, -0.05) is 47.2 Å². The molecule has 3 aromatic carbocycles. The van der Waals surface area contributed by atoms with Crippen molar-refractivity contribution >= 4 is 44.6 Å². The van der Waals surface area contributed by atoms with Gasteiger partial charge in [0.25, 0.3) is 0 Å². The van der Waals surface area contributed by atoms with Gasteiger partial charge < -0.3 is 17.0 Å². The quantitative estimate of drug-likeness (QED) is 0.318. The van der Waals surface area contributed by atoms with Crippen LogP contribution in [-0.2, 0) is 0 Å². The molecular weight excluding hydrogens is 272 g/mol. The molecule has 0 amide bonds. The number of fused-ring (bicyclic) bond motifs is 3. The van der Waals surface area contributed by atoms with Crippen LogP contribution in [0.2, 0.25) is 0 Å². The minimum atomic E-state index is 0. The summed E-state index contributed by atoms with van der Waals surface area (Å²) in [4.78, 5) is 0. The smallest absolute Gasteiger partial charge is 1.00 e. The van der Waals surface area contributed by atoms with E-state index in [-0.39, 0.29) is 40.0 Å². The maximum absolute atomic E-state index is 3.29.